The number of hydrogen-bond acceptors (Lipinski definition) is 3. The first-order chi connectivity index (χ1) is 10.3. The highest BCUT2D eigenvalue weighted by Gasteiger charge is 2.23. The molecule has 8 heteroatoms. The number of carbonyl (C=O) groups excluding carboxylic acids is 1. The van der Waals surface area contributed by atoms with Crippen molar-refractivity contribution in [3.05, 3.63) is 63.1 Å². The molecular weight excluding hydrogens is 369 g/mol. The van der Waals surface area contributed by atoms with E-state index in [-0.39, 0.29) is 21.4 Å². The van der Waals surface area contributed by atoms with Gasteiger partial charge in [-0.05, 0) is 29.8 Å². The van der Waals surface area contributed by atoms with Crippen LogP contribution in [0.15, 0.2) is 47.4 Å². The molecule has 0 aliphatic rings. The van der Waals surface area contributed by atoms with Gasteiger partial charge in [0.2, 0.25) is 5.91 Å². The molecule has 1 N–H and O–H groups in total. The van der Waals surface area contributed by atoms with Gasteiger partial charge in [0.1, 0.15) is 4.90 Å². The largest absolute Gasteiger partial charge is 0.274 e. The normalized spacial score (nSPS) is 11.2. The number of carbonyl (C=O) groups is 1. The van der Waals surface area contributed by atoms with Crippen LogP contribution in [0.1, 0.15) is 5.56 Å². The van der Waals surface area contributed by atoms with E-state index in [2.05, 4.69) is 0 Å². The number of sulfonamides is 1. The molecule has 2 aromatic rings. The van der Waals surface area contributed by atoms with E-state index in [0.717, 1.165) is 0 Å². The van der Waals surface area contributed by atoms with Crippen LogP contribution in [0.3, 0.4) is 0 Å². The maximum absolute atomic E-state index is 12.2. The smallest absolute Gasteiger partial charge is 0.267 e. The van der Waals surface area contributed by atoms with Crippen LogP contribution in [0.5, 0.6) is 0 Å². The van der Waals surface area contributed by atoms with Gasteiger partial charge in [-0.25, -0.2) is 13.1 Å². The van der Waals surface area contributed by atoms with E-state index in [0.29, 0.717) is 10.6 Å². The highest BCUT2D eigenvalue weighted by molar-refractivity contribution is 7.90. The number of nitrogens with one attached hydrogen (secondary N) is 1. The molecule has 2 rings (SSSR count). The minimum Gasteiger partial charge on any atom is -0.274 e. The predicted molar refractivity (Wildman–Crippen MR) is 86.9 cm³/mol. The Bertz CT molecular complexity index is 784. The van der Waals surface area contributed by atoms with Gasteiger partial charge in [-0.1, -0.05) is 53.0 Å². The van der Waals surface area contributed by atoms with Crippen LogP contribution in [0.4, 0.5) is 0 Å². The highest BCUT2D eigenvalue weighted by Crippen LogP contribution is 2.28. The zero-order valence-electron chi connectivity index (χ0n) is 11.0. The van der Waals surface area contributed by atoms with Crippen LogP contribution >= 0.6 is 34.8 Å². The third-order valence-electron chi connectivity index (χ3n) is 2.71. The number of hydrogen-bond donors (Lipinski definition) is 1. The summed E-state index contributed by atoms with van der Waals surface area (Å²) in [6.07, 6.45) is -0.113. The molecule has 0 aliphatic heterocycles. The summed E-state index contributed by atoms with van der Waals surface area (Å²) >= 11 is 17.4. The first-order valence-electron chi connectivity index (χ1n) is 6.04. The first-order valence-corrected chi connectivity index (χ1v) is 8.65. The Kier molecular flexibility index (Phi) is 5.34. The Hall–Kier alpha value is -1.27. The van der Waals surface area contributed by atoms with E-state index in [1.807, 2.05) is 4.72 Å². The second-order valence-electron chi connectivity index (χ2n) is 4.38. The summed E-state index contributed by atoms with van der Waals surface area (Å²) in [5.41, 5.74) is 0.627. The summed E-state index contributed by atoms with van der Waals surface area (Å²) < 4.78 is 26.4. The Morgan fingerprint density at radius 3 is 2.05 bits per heavy atom. The number of rotatable bonds is 4. The Morgan fingerprint density at radius 2 is 1.50 bits per heavy atom. The maximum atomic E-state index is 12.2. The predicted octanol–water partition coefficient (Wildman–Crippen LogP) is 3.69. The van der Waals surface area contributed by atoms with Crippen molar-refractivity contribution >= 4 is 50.7 Å². The summed E-state index contributed by atoms with van der Waals surface area (Å²) in [6, 6.07) is 10.8. The lowest BCUT2D eigenvalue weighted by atomic mass is 10.1. The van der Waals surface area contributed by atoms with Gasteiger partial charge in [0, 0.05) is 5.02 Å². The average Bonchev–Trinajstić information content (AvgIpc) is 2.40. The fourth-order valence-corrected chi connectivity index (χ4v) is 4.02. The van der Waals surface area contributed by atoms with Gasteiger partial charge in [-0.15, -0.1) is 0 Å². The highest BCUT2D eigenvalue weighted by atomic mass is 35.5. The Morgan fingerprint density at radius 1 is 0.955 bits per heavy atom. The van der Waals surface area contributed by atoms with Gasteiger partial charge in [-0.3, -0.25) is 4.79 Å². The zero-order valence-corrected chi connectivity index (χ0v) is 14.1. The van der Waals surface area contributed by atoms with Crippen molar-refractivity contribution in [3.8, 4) is 0 Å². The second-order valence-corrected chi connectivity index (χ2v) is 7.25. The van der Waals surface area contributed by atoms with E-state index in [9.17, 15) is 13.2 Å². The maximum Gasteiger partial charge on any atom is 0.267 e. The average molecular weight is 379 g/mol. The monoisotopic (exact) mass is 377 g/mol. The Labute approximate surface area is 143 Å². The molecule has 0 aliphatic carbocycles. The van der Waals surface area contributed by atoms with Crippen molar-refractivity contribution in [1.29, 1.82) is 0 Å². The third kappa shape index (κ3) is 4.14. The van der Waals surface area contributed by atoms with Crippen LogP contribution in [0.2, 0.25) is 15.1 Å². The van der Waals surface area contributed by atoms with Crippen LogP contribution in [0.25, 0.3) is 0 Å². The molecule has 0 fully saturated rings. The van der Waals surface area contributed by atoms with E-state index >= 15 is 0 Å². The lowest BCUT2D eigenvalue weighted by Crippen LogP contribution is -2.32. The molecule has 0 radical (unpaired) electrons. The third-order valence-corrected chi connectivity index (χ3v) is 5.29. The van der Waals surface area contributed by atoms with E-state index in [1.54, 1.807) is 24.3 Å². The van der Waals surface area contributed by atoms with E-state index in [4.69, 9.17) is 34.8 Å². The van der Waals surface area contributed by atoms with Gasteiger partial charge >= 0.3 is 0 Å². The topological polar surface area (TPSA) is 63.2 Å². The van der Waals surface area contributed by atoms with Crippen LogP contribution in [-0.4, -0.2) is 14.3 Å². The van der Waals surface area contributed by atoms with Crippen LogP contribution in [-0.2, 0) is 21.2 Å². The molecule has 0 heterocycles. The minimum absolute atomic E-state index is 0.0562. The van der Waals surface area contributed by atoms with Crippen molar-refractivity contribution < 1.29 is 13.2 Å². The quantitative estimate of drug-likeness (QED) is 0.882. The molecule has 22 heavy (non-hydrogen) atoms. The SMILES string of the molecule is O=C(Cc1ccc(Cl)cc1)NS(=O)(=O)c1c(Cl)cccc1Cl. The minimum atomic E-state index is -4.14. The molecule has 2 aromatic carbocycles. The van der Waals surface area contributed by atoms with E-state index < -0.39 is 15.9 Å². The molecular formula is C14H10Cl3NO3S. The van der Waals surface area contributed by atoms with Crippen molar-refractivity contribution in [3.63, 3.8) is 0 Å². The standard InChI is InChI=1S/C14H10Cl3NO3S/c15-10-6-4-9(5-7-10)8-13(19)18-22(20,21)14-11(16)2-1-3-12(14)17/h1-7H,8H2,(H,18,19). The summed E-state index contributed by atoms with van der Waals surface area (Å²) in [7, 11) is -4.14. The summed E-state index contributed by atoms with van der Waals surface area (Å²) in [5, 5.41) is 0.415. The van der Waals surface area contributed by atoms with Gasteiger partial charge in [-0.2, -0.15) is 0 Å². The van der Waals surface area contributed by atoms with Crippen molar-refractivity contribution in [1.82, 2.24) is 4.72 Å². The molecule has 0 spiro atoms. The lowest BCUT2D eigenvalue weighted by molar-refractivity contribution is -0.118. The fourth-order valence-electron chi connectivity index (χ4n) is 1.76. The molecule has 0 saturated heterocycles. The zero-order chi connectivity index (χ0) is 16.3. The number of halogens is 3. The molecule has 0 bridgehead atoms. The van der Waals surface area contributed by atoms with Crippen LogP contribution in [0, 0.1) is 0 Å². The summed E-state index contributed by atoms with van der Waals surface area (Å²) in [6.45, 7) is 0. The van der Waals surface area contributed by atoms with Gasteiger partial charge < -0.3 is 0 Å². The molecule has 1 amide bonds. The molecule has 0 aromatic heterocycles. The molecule has 0 saturated carbocycles. The fraction of sp³-hybridized carbons (Fsp3) is 0.0714. The molecule has 0 unspecified atom stereocenters. The van der Waals surface area contributed by atoms with E-state index in [1.165, 1.54) is 18.2 Å². The number of amides is 1. The van der Waals surface area contributed by atoms with Crippen molar-refractivity contribution in [2.45, 2.75) is 11.3 Å². The molecule has 116 valence electrons. The van der Waals surface area contributed by atoms with Crippen molar-refractivity contribution in [2.24, 2.45) is 0 Å². The summed E-state index contributed by atoms with van der Waals surface area (Å²) in [4.78, 5) is 11.6. The molecule has 0 atom stereocenters. The molecule has 4 nitrogen and oxygen atoms in total. The van der Waals surface area contributed by atoms with Crippen molar-refractivity contribution in [2.75, 3.05) is 0 Å². The first kappa shape index (κ1) is 17.1. The number of benzene rings is 2. The van der Waals surface area contributed by atoms with Gasteiger partial charge in [0.15, 0.2) is 0 Å². The lowest BCUT2D eigenvalue weighted by Gasteiger charge is -2.10. The summed E-state index contributed by atoms with van der Waals surface area (Å²) in [5.74, 6) is -0.696. The Balaban J connectivity index is 2.18. The van der Waals surface area contributed by atoms with Crippen LogP contribution < -0.4 is 4.72 Å². The van der Waals surface area contributed by atoms with Gasteiger partial charge in [0.25, 0.3) is 10.0 Å². The van der Waals surface area contributed by atoms with Gasteiger partial charge in [0.05, 0.1) is 16.5 Å². The second kappa shape index (κ2) is 6.87.